The van der Waals surface area contributed by atoms with Gasteiger partial charge in [0.2, 0.25) is 5.95 Å². The predicted molar refractivity (Wildman–Crippen MR) is 114 cm³/mol. The molecule has 2 N–H and O–H groups in total. The number of hydrogen-bond acceptors (Lipinski definition) is 7. The Morgan fingerprint density at radius 2 is 2.13 bits per heavy atom. The smallest absolute Gasteiger partial charge is 0.247 e. The van der Waals surface area contributed by atoms with Gasteiger partial charge in [0.15, 0.2) is 11.4 Å². The summed E-state index contributed by atoms with van der Waals surface area (Å²) in [6.07, 6.45) is 6.80. The van der Waals surface area contributed by atoms with Crippen LogP contribution in [-0.2, 0) is 11.3 Å². The number of aliphatic hydroxyl groups is 1. The molecule has 0 amide bonds. The lowest BCUT2D eigenvalue weighted by Gasteiger charge is -2.06. The lowest BCUT2D eigenvalue weighted by atomic mass is 10.1. The van der Waals surface area contributed by atoms with Crippen molar-refractivity contribution in [3.63, 3.8) is 0 Å². The van der Waals surface area contributed by atoms with Crippen molar-refractivity contribution in [1.29, 1.82) is 0 Å². The maximum atomic E-state index is 11.6. The summed E-state index contributed by atoms with van der Waals surface area (Å²) < 4.78 is 9.14. The number of anilines is 2. The molecule has 5 rings (SSSR count). The average Bonchev–Trinajstić information content (AvgIpc) is 3.54. The molecule has 1 aliphatic rings. The summed E-state index contributed by atoms with van der Waals surface area (Å²) in [6.45, 7) is 1.96. The van der Waals surface area contributed by atoms with Crippen LogP contribution in [0.4, 0.5) is 11.6 Å². The number of nitrogens with one attached hydrogen (secondary N) is 1. The summed E-state index contributed by atoms with van der Waals surface area (Å²) in [6, 6.07) is 10.8. The molecule has 3 aromatic heterocycles. The number of nitrogens with zero attached hydrogens (tertiary/aromatic N) is 5. The maximum absolute atomic E-state index is 11.6. The van der Waals surface area contributed by atoms with Gasteiger partial charge >= 0.3 is 0 Å². The zero-order valence-electron chi connectivity index (χ0n) is 16.8. The summed E-state index contributed by atoms with van der Waals surface area (Å²) in [7, 11) is 0. The highest BCUT2D eigenvalue weighted by molar-refractivity contribution is 5.97. The van der Waals surface area contributed by atoms with Crippen LogP contribution < -0.4 is 5.32 Å². The summed E-state index contributed by atoms with van der Waals surface area (Å²) in [5.41, 5.74) is 3.86. The van der Waals surface area contributed by atoms with Gasteiger partial charge in [0.25, 0.3) is 0 Å². The van der Waals surface area contributed by atoms with E-state index in [2.05, 4.69) is 20.5 Å². The van der Waals surface area contributed by atoms with E-state index in [0.29, 0.717) is 17.4 Å². The number of rotatable bonds is 7. The molecule has 4 aromatic rings. The molecule has 0 saturated carbocycles. The highest BCUT2D eigenvalue weighted by Crippen LogP contribution is 2.25. The summed E-state index contributed by atoms with van der Waals surface area (Å²) in [5.74, 6) is 0.638. The average molecular weight is 418 g/mol. The number of ether oxygens (including phenoxy) is 1. The molecular formula is C22H22N6O3. The first-order chi connectivity index (χ1) is 15.2. The lowest BCUT2D eigenvalue weighted by molar-refractivity contribution is 0.0904. The zero-order chi connectivity index (χ0) is 21.2. The molecule has 1 saturated heterocycles. The van der Waals surface area contributed by atoms with Crippen LogP contribution in [0.25, 0.3) is 16.8 Å². The first kappa shape index (κ1) is 19.4. The molecule has 31 heavy (non-hydrogen) atoms. The molecule has 158 valence electrons. The van der Waals surface area contributed by atoms with Crippen LogP contribution in [0.2, 0.25) is 0 Å². The Labute approximate surface area is 178 Å². The van der Waals surface area contributed by atoms with Crippen LogP contribution in [0.1, 0.15) is 16.8 Å². The van der Waals surface area contributed by atoms with Crippen molar-refractivity contribution < 1.29 is 14.6 Å². The van der Waals surface area contributed by atoms with Gasteiger partial charge in [-0.1, -0.05) is 0 Å². The minimum Gasteiger partial charge on any atom is -0.388 e. The molecule has 9 nitrogen and oxygen atoms in total. The SMILES string of the molecule is O=C(CO)c1ccc(Nc2nc3c(-c4cnn(CC5CCOC5)c4)cccn3n2)cc1. The van der Waals surface area contributed by atoms with E-state index in [-0.39, 0.29) is 5.78 Å². The fourth-order valence-electron chi connectivity index (χ4n) is 3.74. The van der Waals surface area contributed by atoms with Gasteiger partial charge < -0.3 is 15.2 Å². The van der Waals surface area contributed by atoms with Crippen LogP contribution in [-0.4, -0.2) is 55.1 Å². The Bertz CT molecular complexity index is 1210. The normalized spacial score (nSPS) is 16.1. The molecule has 9 heteroatoms. The molecular weight excluding hydrogens is 396 g/mol. The topological polar surface area (TPSA) is 107 Å². The van der Waals surface area contributed by atoms with Crippen molar-refractivity contribution >= 4 is 23.1 Å². The Morgan fingerprint density at radius 1 is 1.26 bits per heavy atom. The Hall–Kier alpha value is -3.56. The van der Waals surface area contributed by atoms with E-state index in [9.17, 15) is 4.79 Å². The van der Waals surface area contributed by atoms with Crippen LogP contribution >= 0.6 is 0 Å². The number of Topliss-reactive ketones (excluding diaryl/α,β-unsaturated/α-hetero) is 1. The predicted octanol–water partition coefficient (Wildman–Crippen LogP) is 2.55. The van der Waals surface area contributed by atoms with Crippen molar-refractivity contribution in [2.24, 2.45) is 5.92 Å². The number of ketones is 1. The van der Waals surface area contributed by atoms with E-state index in [4.69, 9.17) is 9.84 Å². The van der Waals surface area contributed by atoms with E-state index in [1.54, 1.807) is 28.8 Å². The van der Waals surface area contributed by atoms with Gasteiger partial charge in [-0.25, -0.2) is 4.52 Å². The van der Waals surface area contributed by atoms with Gasteiger partial charge in [-0.2, -0.15) is 10.1 Å². The quantitative estimate of drug-likeness (QED) is 0.444. The number of benzene rings is 1. The number of carbonyl (C=O) groups excluding carboxylic acids is 1. The second-order valence-corrected chi connectivity index (χ2v) is 7.59. The van der Waals surface area contributed by atoms with Crippen molar-refractivity contribution in [3.05, 3.63) is 60.6 Å². The molecule has 1 aliphatic heterocycles. The van der Waals surface area contributed by atoms with Crippen molar-refractivity contribution in [2.75, 3.05) is 25.1 Å². The fourth-order valence-corrected chi connectivity index (χ4v) is 3.74. The van der Waals surface area contributed by atoms with E-state index in [1.165, 1.54) is 0 Å². The number of aromatic nitrogens is 5. The molecule has 1 aromatic carbocycles. The number of fused-ring (bicyclic) bond motifs is 1. The van der Waals surface area contributed by atoms with Crippen LogP contribution in [0.5, 0.6) is 0 Å². The van der Waals surface area contributed by atoms with Gasteiger partial charge in [-0.15, -0.1) is 5.10 Å². The summed E-state index contributed by atoms with van der Waals surface area (Å²) >= 11 is 0. The van der Waals surface area contributed by atoms with Gasteiger partial charge in [0, 0.05) is 53.8 Å². The standard InChI is InChI=1S/C22H22N6O3/c29-13-20(30)16-3-5-18(6-4-16)24-22-25-21-19(2-1-8-28(21)26-22)17-10-23-27(12-17)11-15-7-9-31-14-15/h1-6,8,10,12,15,29H,7,9,11,13-14H2,(H,24,26). The molecule has 0 spiro atoms. The van der Waals surface area contributed by atoms with E-state index in [1.807, 2.05) is 35.4 Å². The number of pyridine rings is 1. The molecule has 1 atom stereocenters. The third-order valence-electron chi connectivity index (χ3n) is 5.38. The van der Waals surface area contributed by atoms with E-state index < -0.39 is 6.61 Å². The third-order valence-corrected chi connectivity index (χ3v) is 5.38. The van der Waals surface area contributed by atoms with Gasteiger partial charge in [0.1, 0.15) is 6.61 Å². The lowest BCUT2D eigenvalue weighted by Crippen LogP contribution is -2.10. The van der Waals surface area contributed by atoms with Gasteiger partial charge in [0.05, 0.1) is 12.8 Å². The monoisotopic (exact) mass is 418 g/mol. The minimum atomic E-state index is -0.505. The van der Waals surface area contributed by atoms with Crippen molar-refractivity contribution in [2.45, 2.75) is 13.0 Å². The third kappa shape index (κ3) is 4.05. The number of aliphatic hydroxyl groups excluding tert-OH is 1. The molecule has 0 aliphatic carbocycles. The van der Waals surface area contributed by atoms with Gasteiger partial charge in [-0.05, 0) is 42.8 Å². The Kier molecular flexibility index (Phi) is 5.19. The first-order valence-electron chi connectivity index (χ1n) is 10.2. The molecule has 1 fully saturated rings. The Balaban J connectivity index is 1.38. The number of carbonyl (C=O) groups is 1. The van der Waals surface area contributed by atoms with Gasteiger partial charge in [-0.3, -0.25) is 9.48 Å². The largest absolute Gasteiger partial charge is 0.388 e. The maximum Gasteiger partial charge on any atom is 0.247 e. The fraction of sp³-hybridized carbons (Fsp3) is 0.273. The zero-order valence-corrected chi connectivity index (χ0v) is 16.8. The first-order valence-corrected chi connectivity index (χ1v) is 10.2. The molecule has 0 bridgehead atoms. The van der Waals surface area contributed by atoms with Crippen molar-refractivity contribution in [3.8, 4) is 11.1 Å². The highest BCUT2D eigenvalue weighted by atomic mass is 16.5. The molecule has 0 radical (unpaired) electrons. The summed E-state index contributed by atoms with van der Waals surface area (Å²) in [4.78, 5) is 16.2. The van der Waals surface area contributed by atoms with E-state index in [0.717, 1.165) is 48.6 Å². The van der Waals surface area contributed by atoms with Crippen LogP contribution in [0.15, 0.2) is 55.0 Å². The van der Waals surface area contributed by atoms with Crippen LogP contribution in [0, 0.1) is 5.92 Å². The second-order valence-electron chi connectivity index (χ2n) is 7.59. The minimum absolute atomic E-state index is 0.317. The van der Waals surface area contributed by atoms with Crippen molar-refractivity contribution in [1.82, 2.24) is 24.4 Å². The second kappa shape index (κ2) is 8.29. The van der Waals surface area contributed by atoms with E-state index >= 15 is 0 Å². The number of hydrogen-bond donors (Lipinski definition) is 2. The summed E-state index contributed by atoms with van der Waals surface area (Å²) in [5, 5.41) is 21.1. The van der Waals surface area contributed by atoms with Crippen LogP contribution in [0.3, 0.4) is 0 Å². The Morgan fingerprint density at radius 3 is 2.90 bits per heavy atom. The molecule has 1 unspecified atom stereocenters. The highest BCUT2D eigenvalue weighted by Gasteiger charge is 2.17. The molecule has 4 heterocycles.